The van der Waals surface area contributed by atoms with Crippen LogP contribution >= 0.6 is 17.0 Å². The summed E-state index contributed by atoms with van der Waals surface area (Å²) >= 11 is 0. The van der Waals surface area contributed by atoms with E-state index in [4.69, 9.17) is 14.3 Å². The number of Topliss-reactive ketones (excluding diaryl/α,β-unsaturated/α-hetero) is 1. The zero-order valence-electron chi connectivity index (χ0n) is 20.7. The molecule has 1 aliphatic carbocycles. The van der Waals surface area contributed by atoms with E-state index >= 15 is 0 Å². The van der Waals surface area contributed by atoms with E-state index in [-0.39, 0.29) is 53.3 Å². The van der Waals surface area contributed by atoms with E-state index < -0.39 is 15.5 Å². The van der Waals surface area contributed by atoms with Gasteiger partial charge >= 0.3 is 10.1 Å². The molecule has 2 aliphatic rings. The van der Waals surface area contributed by atoms with Gasteiger partial charge in [0.1, 0.15) is 11.5 Å². The fraction of sp³-hybridized carbons (Fsp3) is 0.480. The Morgan fingerprint density at radius 2 is 1.91 bits per heavy atom. The van der Waals surface area contributed by atoms with Crippen molar-refractivity contribution in [3.63, 3.8) is 0 Å². The number of carbonyl (C=O) groups excluding carboxylic acids is 1. The molecule has 0 radical (unpaired) electrons. The van der Waals surface area contributed by atoms with E-state index in [1.165, 1.54) is 6.07 Å². The topological polar surface area (TPSA) is 110 Å². The Morgan fingerprint density at radius 3 is 2.49 bits per heavy atom. The number of hydrogen-bond donors (Lipinski definition) is 1. The largest absolute Gasteiger partial charge is 0.490 e. The van der Waals surface area contributed by atoms with E-state index in [2.05, 4.69) is 4.98 Å². The molecular weight excluding hydrogens is 534 g/mol. The van der Waals surface area contributed by atoms with Crippen LogP contribution in [0.5, 0.6) is 11.5 Å². The summed E-state index contributed by atoms with van der Waals surface area (Å²) < 4.78 is 34.8. The van der Waals surface area contributed by atoms with E-state index in [0.29, 0.717) is 29.3 Å². The van der Waals surface area contributed by atoms with Crippen LogP contribution in [0.2, 0.25) is 0 Å². The number of halogens is 1. The van der Waals surface area contributed by atoms with Crippen LogP contribution in [0.3, 0.4) is 0 Å². The zero-order valence-corrected chi connectivity index (χ0v) is 23.2. The van der Waals surface area contributed by atoms with Crippen molar-refractivity contribution in [3.05, 3.63) is 52.3 Å². The van der Waals surface area contributed by atoms with Crippen molar-refractivity contribution in [1.82, 2.24) is 9.88 Å². The number of amidine groups is 1. The number of fused-ring (bicyclic) bond motifs is 1. The average molecular weight is 567 g/mol. The molecule has 0 spiro atoms. The maximum Gasteiger partial charge on any atom is 0.306 e. The molecule has 1 N–H and O–H groups in total. The highest BCUT2D eigenvalue weighted by atomic mass is 79.9. The number of ether oxygens (including phenoxy) is 1. The third kappa shape index (κ3) is 6.03. The molecule has 0 atom stereocenters. The minimum Gasteiger partial charge on any atom is -0.490 e. The molecule has 1 aromatic carbocycles. The first kappa shape index (κ1) is 27.1. The highest BCUT2D eigenvalue weighted by Crippen LogP contribution is 2.41. The molecule has 0 saturated heterocycles. The van der Waals surface area contributed by atoms with Crippen molar-refractivity contribution in [2.45, 2.75) is 58.4 Å². The Bertz CT molecular complexity index is 1270. The van der Waals surface area contributed by atoms with Gasteiger partial charge in [-0.05, 0) is 43.4 Å². The van der Waals surface area contributed by atoms with Crippen LogP contribution in [0, 0.1) is 5.41 Å². The number of hydrogen-bond acceptors (Lipinski definition) is 7. The van der Waals surface area contributed by atoms with Crippen LogP contribution in [-0.4, -0.2) is 49.3 Å². The Balaban J connectivity index is 0.00000342. The second-order valence-electron chi connectivity index (χ2n) is 9.97. The third-order valence-corrected chi connectivity index (χ3v) is 6.42. The third-order valence-electron chi connectivity index (χ3n) is 5.95. The number of benzene rings is 1. The molecule has 8 nitrogen and oxygen atoms in total. The second-order valence-corrected chi connectivity index (χ2v) is 11.5. The standard InChI is InChI=1S/C25H31N3O5S.BrH/c1-6-32-21-12-17(11-18(25(2,3)4)23(21)33-34(5,30)31)20(29)14-28-13-16-9-10-19(15-7-8-15)27-22(16)24(28)26;/h9-12,15,26H,6-8,13-14H2,1-5H3;1H. The summed E-state index contributed by atoms with van der Waals surface area (Å²) in [6.45, 7) is 8.27. The van der Waals surface area contributed by atoms with Gasteiger partial charge in [0.05, 0.1) is 19.4 Å². The molecule has 0 unspecified atom stereocenters. The number of ketones is 1. The Morgan fingerprint density at radius 1 is 1.23 bits per heavy atom. The zero-order chi connectivity index (χ0) is 24.8. The first-order valence-corrected chi connectivity index (χ1v) is 13.3. The van der Waals surface area contributed by atoms with Gasteiger partial charge in [-0.3, -0.25) is 10.2 Å². The minimum absolute atomic E-state index is 0. The van der Waals surface area contributed by atoms with Crippen molar-refractivity contribution in [2.75, 3.05) is 19.4 Å². The molecule has 190 valence electrons. The van der Waals surface area contributed by atoms with Gasteiger partial charge in [-0.25, -0.2) is 4.98 Å². The van der Waals surface area contributed by atoms with Crippen molar-refractivity contribution in [2.24, 2.45) is 0 Å². The number of rotatable bonds is 8. The average Bonchev–Trinajstić information content (AvgIpc) is 3.53. The fourth-order valence-corrected chi connectivity index (χ4v) is 4.57. The summed E-state index contributed by atoms with van der Waals surface area (Å²) in [4.78, 5) is 19.7. The quantitative estimate of drug-likeness (QED) is 0.368. The lowest BCUT2D eigenvalue weighted by atomic mass is 9.84. The van der Waals surface area contributed by atoms with Gasteiger partial charge in [0.25, 0.3) is 0 Å². The lowest BCUT2D eigenvalue weighted by molar-refractivity contribution is 0.0962. The molecule has 1 saturated carbocycles. The summed E-state index contributed by atoms with van der Waals surface area (Å²) in [5.74, 6) is 0.862. The van der Waals surface area contributed by atoms with Crippen LogP contribution in [-0.2, 0) is 22.1 Å². The van der Waals surface area contributed by atoms with Gasteiger partial charge in [0, 0.05) is 34.8 Å². The van der Waals surface area contributed by atoms with Crippen molar-refractivity contribution >= 4 is 38.7 Å². The predicted octanol–water partition coefficient (Wildman–Crippen LogP) is 4.60. The molecule has 2 heterocycles. The summed E-state index contributed by atoms with van der Waals surface area (Å²) in [6, 6.07) is 7.23. The first-order valence-electron chi connectivity index (χ1n) is 11.4. The van der Waals surface area contributed by atoms with Gasteiger partial charge in [-0.15, -0.1) is 17.0 Å². The normalized spacial score (nSPS) is 15.5. The summed E-state index contributed by atoms with van der Waals surface area (Å²) in [5, 5.41) is 8.58. The Labute approximate surface area is 217 Å². The van der Waals surface area contributed by atoms with Crippen LogP contribution < -0.4 is 8.92 Å². The summed E-state index contributed by atoms with van der Waals surface area (Å²) in [7, 11) is -3.80. The number of nitrogens with zero attached hydrogens (tertiary/aromatic N) is 2. The summed E-state index contributed by atoms with van der Waals surface area (Å²) in [5.41, 5.74) is 3.05. The Kier molecular flexibility index (Phi) is 7.67. The highest BCUT2D eigenvalue weighted by Gasteiger charge is 2.32. The molecule has 35 heavy (non-hydrogen) atoms. The van der Waals surface area contributed by atoms with Gasteiger partial charge in [0.2, 0.25) is 0 Å². The molecule has 0 amide bonds. The first-order chi connectivity index (χ1) is 15.9. The number of carbonyl (C=O) groups is 1. The number of nitrogens with one attached hydrogen (secondary N) is 1. The van der Waals surface area contributed by atoms with E-state index in [9.17, 15) is 13.2 Å². The van der Waals surface area contributed by atoms with Gasteiger partial charge in [-0.1, -0.05) is 26.8 Å². The second kappa shape index (κ2) is 9.89. The van der Waals surface area contributed by atoms with Gasteiger partial charge in [0.15, 0.2) is 17.3 Å². The molecule has 1 aliphatic heterocycles. The smallest absolute Gasteiger partial charge is 0.306 e. The molecule has 2 aromatic rings. The number of aromatic nitrogens is 1. The molecular formula is C25H32BrN3O5S. The van der Waals surface area contributed by atoms with Crippen LogP contribution in [0.15, 0.2) is 24.3 Å². The van der Waals surface area contributed by atoms with Crippen LogP contribution in [0.1, 0.15) is 79.3 Å². The molecule has 0 bridgehead atoms. The molecule has 1 aromatic heterocycles. The monoisotopic (exact) mass is 565 g/mol. The van der Waals surface area contributed by atoms with E-state index in [1.54, 1.807) is 17.9 Å². The van der Waals surface area contributed by atoms with Crippen LogP contribution in [0.25, 0.3) is 0 Å². The van der Waals surface area contributed by atoms with E-state index in [1.807, 2.05) is 32.9 Å². The van der Waals surface area contributed by atoms with Crippen molar-refractivity contribution < 1.29 is 22.1 Å². The minimum atomic E-state index is -3.80. The fourth-order valence-electron chi connectivity index (χ4n) is 4.10. The lowest BCUT2D eigenvalue weighted by Crippen LogP contribution is -2.30. The maximum atomic E-state index is 13.3. The van der Waals surface area contributed by atoms with E-state index in [0.717, 1.165) is 30.4 Å². The highest BCUT2D eigenvalue weighted by molar-refractivity contribution is 8.93. The van der Waals surface area contributed by atoms with Gasteiger partial charge < -0.3 is 13.8 Å². The molecule has 1 fully saturated rings. The lowest BCUT2D eigenvalue weighted by Gasteiger charge is -2.25. The molecule has 10 heteroatoms. The Hall–Kier alpha value is -2.46. The SMILES string of the molecule is Br.CCOc1cc(C(=O)CN2Cc3ccc(C4CC4)nc3C2=N)cc(C(C)(C)C)c1OS(C)(=O)=O. The maximum absolute atomic E-state index is 13.3. The predicted molar refractivity (Wildman–Crippen MR) is 140 cm³/mol. The van der Waals surface area contributed by atoms with Crippen LogP contribution in [0.4, 0.5) is 0 Å². The van der Waals surface area contributed by atoms with Gasteiger partial charge in [-0.2, -0.15) is 8.42 Å². The van der Waals surface area contributed by atoms with Crippen molar-refractivity contribution in [1.29, 1.82) is 5.41 Å². The molecule has 4 rings (SSSR count). The number of pyridine rings is 1. The summed E-state index contributed by atoms with van der Waals surface area (Å²) in [6.07, 6.45) is 3.25. The van der Waals surface area contributed by atoms with Crippen molar-refractivity contribution in [3.8, 4) is 11.5 Å².